The molecule has 1 heterocycles. The molecule has 1 aromatic heterocycles. The van der Waals surface area contributed by atoms with Crippen molar-refractivity contribution >= 4 is 26.9 Å². The maximum Gasteiger partial charge on any atom is 0.243 e. The summed E-state index contributed by atoms with van der Waals surface area (Å²) < 4.78 is 26.2. The number of fused-ring (bicyclic) bond motifs is 1. The highest BCUT2D eigenvalue weighted by atomic mass is 32.2. The Morgan fingerprint density at radius 1 is 1.27 bits per heavy atom. The molecule has 7 nitrogen and oxygen atoms in total. The van der Waals surface area contributed by atoms with Gasteiger partial charge in [-0.15, -0.1) is 0 Å². The molecule has 1 aromatic carbocycles. The standard InChI is InChI=1S/C14H16N2O5S/c1-3-16(4-2)22(20,21)9-5-6-12-10(7-9)13(17)11(8-15-12)14(18)19/h5-8H,3-4H2,1-2H3,(H,15,17)(H,18,19)/p-1. The third-order valence-electron chi connectivity index (χ3n) is 3.42. The number of rotatable bonds is 5. The van der Waals surface area contributed by atoms with Crippen LogP contribution in [0.25, 0.3) is 10.9 Å². The van der Waals surface area contributed by atoms with Gasteiger partial charge in [0.15, 0.2) is 5.43 Å². The number of nitrogens with one attached hydrogen (secondary N) is 1. The minimum Gasteiger partial charge on any atom is -0.545 e. The number of H-pyrrole nitrogens is 1. The van der Waals surface area contributed by atoms with E-state index >= 15 is 0 Å². The summed E-state index contributed by atoms with van der Waals surface area (Å²) in [4.78, 5) is 25.6. The molecular formula is C14H15N2O5S-. The lowest BCUT2D eigenvalue weighted by Crippen LogP contribution is -2.31. The Labute approximate surface area is 127 Å². The molecule has 0 spiro atoms. The molecule has 8 heteroatoms. The summed E-state index contributed by atoms with van der Waals surface area (Å²) in [6, 6.07) is 4.01. The van der Waals surface area contributed by atoms with E-state index in [2.05, 4.69) is 4.98 Å². The van der Waals surface area contributed by atoms with Crippen molar-refractivity contribution in [3.63, 3.8) is 0 Å². The van der Waals surface area contributed by atoms with Gasteiger partial charge in [-0.1, -0.05) is 13.8 Å². The average molecular weight is 323 g/mol. The highest BCUT2D eigenvalue weighted by Crippen LogP contribution is 2.19. The maximum absolute atomic E-state index is 12.5. The molecule has 1 N–H and O–H groups in total. The monoisotopic (exact) mass is 323 g/mol. The van der Waals surface area contributed by atoms with Gasteiger partial charge in [-0.05, 0) is 18.2 Å². The summed E-state index contributed by atoms with van der Waals surface area (Å²) in [7, 11) is -3.73. The van der Waals surface area contributed by atoms with E-state index in [1.807, 2.05) is 0 Å². The highest BCUT2D eigenvalue weighted by molar-refractivity contribution is 7.89. The molecule has 0 unspecified atom stereocenters. The minimum absolute atomic E-state index is 0.00469. The topological polar surface area (TPSA) is 110 Å². The fourth-order valence-corrected chi connectivity index (χ4v) is 3.71. The summed E-state index contributed by atoms with van der Waals surface area (Å²) in [5.74, 6) is -1.61. The molecule has 0 aliphatic rings. The Morgan fingerprint density at radius 2 is 1.91 bits per heavy atom. The molecule has 2 aromatic rings. The number of benzene rings is 1. The van der Waals surface area contributed by atoms with Crippen LogP contribution in [0.4, 0.5) is 0 Å². The third-order valence-corrected chi connectivity index (χ3v) is 5.46. The molecule has 0 atom stereocenters. The number of carbonyl (C=O) groups is 1. The average Bonchev–Trinajstić information content (AvgIpc) is 2.48. The van der Waals surface area contributed by atoms with Crippen molar-refractivity contribution in [1.29, 1.82) is 0 Å². The molecular weight excluding hydrogens is 308 g/mol. The van der Waals surface area contributed by atoms with E-state index in [-0.39, 0.29) is 10.3 Å². The van der Waals surface area contributed by atoms with Gasteiger partial charge in [-0.25, -0.2) is 8.42 Å². The number of carbonyl (C=O) groups excluding carboxylic acids is 1. The third kappa shape index (κ3) is 2.62. The van der Waals surface area contributed by atoms with Gasteiger partial charge in [0.05, 0.1) is 16.4 Å². The van der Waals surface area contributed by atoms with Gasteiger partial charge in [-0.2, -0.15) is 4.31 Å². The largest absolute Gasteiger partial charge is 0.545 e. The number of sulfonamides is 1. The molecule has 0 aliphatic heterocycles. The molecule has 0 aliphatic carbocycles. The van der Waals surface area contributed by atoms with E-state index in [0.717, 1.165) is 6.20 Å². The van der Waals surface area contributed by atoms with Crippen molar-refractivity contribution in [2.45, 2.75) is 18.7 Å². The molecule has 118 valence electrons. The van der Waals surface area contributed by atoms with Crippen LogP contribution < -0.4 is 10.5 Å². The van der Waals surface area contributed by atoms with Gasteiger partial charge < -0.3 is 14.9 Å². The second kappa shape index (κ2) is 5.90. The summed E-state index contributed by atoms with van der Waals surface area (Å²) in [6.07, 6.45) is 1.04. The Morgan fingerprint density at radius 3 is 2.45 bits per heavy atom. The molecule has 0 bridgehead atoms. The number of aromatic nitrogens is 1. The highest BCUT2D eigenvalue weighted by Gasteiger charge is 2.22. The van der Waals surface area contributed by atoms with E-state index in [0.29, 0.717) is 18.6 Å². The van der Waals surface area contributed by atoms with Crippen LogP contribution in [-0.2, 0) is 10.0 Å². The van der Waals surface area contributed by atoms with Crippen molar-refractivity contribution in [2.24, 2.45) is 0 Å². The number of hydrogen-bond donors (Lipinski definition) is 1. The zero-order valence-electron chi connectivity index (χ0n) is 12.1. The van der Waals surface area contributed by atoms with Gasteiger partial charge >= 0.3 is 0 Å². The number of carboxylic acid groups (broad SMARTS) is 1. The number of hydrogen-bond acceptors (Lipinski definition) is 5. The summed E-state index contributed by atoms with van der Waals surface area (Å²) in [5.41, 5.74) is -0.955. The second-order valence-corrected chi connectivity index (χ2v) is 6.55. The van der Waals surface area contributed by atoms with Crippen molar-refractivity contribution in [3.8, 4) is 0 Å². The van der Waals surface area contributed by atoms with Gasteiger partial charge in [0.25, 0.3) is 0 Å². The zero-order valence-corrected chi connectivity index (χ0v) is 12.9. The Balaban J connectivity index is 2.71. The van der Waals surface area contributed by atoms with E-state index in [1.54, 1.807) is 13.8 Å². The first-order valence-electron chi connectivity index (χ1n) is 6.69. The van der Waals surface area contributed by atoms with E-state index in [1.165, 1.54) is 22.5 Å². The number of carboxylic acids is 1. The predicted octanol–water partition coefficient (Wildman–Crippen LogP) is -0.0779. The SMILES string of the molecule is CCN(CC)S(=O)(=O)c1ccc2[nH]cc(C(=O)[O-])c(=O)c2c1. The summed E-state index contributed by atoms with van der Waals surface area (Å²) in [5, 5.41) is 10.9. The Kier molecular flexibility index (Phi) is 4.34. The van der Waals surface area contributed by atoms with Crippen molar-refractivity contribution < 1.29 is 18.3 Å². The maximum atomic E-state index is 12.5. The van der Waals surface area contributed by atoms with Crippen molar-refractivity contribution in [3.05, 3.63) is 40.2 Å². The fourth-order valence-electron chi connectivity index (χ4n) is 2.22. The van der Waals surface area contributed by atoms with E-state index in [9.17, 15) is 23.1 Å². The number of aromatic carboxylic acids is 1. The van der Waals surface area contributed by atoms with Crippen LogP contribution in [0.3, 0.4) is 0 Å². The van der Waals surface area contributed by atoms with Crippen LogP contribution in [-0.4, -0.2) is 36.8 Å². The van der Waals surface area contributed by atoms with E-state index in [4.69, 9.17) is 0 Å². The van der Waals surface area contributed by atoms with Gasteiger partial charge in [0.1, 0.15) is 0 Å². The van der Waals surface area contributed by atoms with Crippen LogP contribution in [0.2, 0.25) is 0 Å². The second-order valence-electron chi connectivity index (χ2n) is 4.62. The predicted molar refractivity (Wildman–Crippen MR) is 79.0 cm³/mol. The lowest BCUT2D eigenvalue weighted by Gasteiger charge is -2.18. The zero-order chi connectivity index (χ0) is 16.5. The number of pyridine rings is 1. The fraction of sp³-hybridized carbons (Fsp3) is 0.286. The molecule has 0 amide bonds. The van der Waals surface area contributed by atoms with E-state index < -0.39 is 27.0 Å². The van der Waals surface area contributed by atoms with Crippen LogP contribution in [0.1, 0.15) is 24.2 Å². The summed E-state index contributed by atoms with van der Waals surface area (Å²) >= 11 is 0. The normalized spacial score (nSPS) is 12.0. The smallest absolute Gasteiger partial charge is 0.243 e. The Hall–Kier alpha value is -2.19. The first kappa shape index (κ1) is 16.2. The molecule has 0 radical (unpaired) electrons. The molecule has 22 heavy (non-hydrogen) atoms. The molecule has 0 saturated carbocycles. The first-order chi connectivity index (χ1) is 10.3. The van der Waals surface area contributed by atoms with Gasteiger partial charge in [-0.3, -0.25) is 4.79 Å². The molecule has 0 saturated heterocycles. The van der Waals surface area contributed by atoms with Crippen molar-refractivity contribution in [1.82, 2.24) is 9.29 Å². The van der Waals surface area contributed by atoms with Crippen molar-refractivity contribution in [2.75, 3.05) is 13.1 Å². The minimum atomic E-state index is -3.73. The van der Waals surface area contributed by atoms with Gasteiger partial charge in [0.2, 0.25) is 10.0 Å². The van der Waals surface area contributed by atoms with Crippen LogP contribution in [0, 0.1) is 0 Å². The van der Waals surface area contributed by atoms with Crippen LogP contribution in [0.15, 0.2) is 34.1 Å². The van der Waals surface area contributed by atoms with Crippen LogP contribution in [0.5, 0.6) is 0 Å². The number of nitrogens with zero attached hydrogens (tertiary/aromatic N) is 1. The summed E-state index contributed by atoms with van der Waals surface area (Å²) in [6.45, 7) is 4.02. The Bertz CT molecular complexity index is 882. The lowest BCUT2D eigenvalue weighted by molar-refractivity contribution is -0.255. The first-order valence-corrected chi connectivity index (χ1v) is 8.13. The van der Waals surface area contributed by atoms with Gasteiger partial charge in [0, 0.05) is 30.2 Å². The quantitative estimate of drug-likeness (QED) is 0.827. The number of aromatic amines is 1. The lowest BCUT2D eigenvalue weighted by atomic mass is 10.1. The van der Waals surface area contributed by atoms with Crippen LogP contribution >= 0.6 is 0 Å². The molecule has 0 fully saturated rings. The molecule has 2 rings (SSSR count).